The summed E-state index contributed by atoms with van der Waals surface area (Å²) >= 11 is 3.22. The van der Waals surface area contributed by atoms with Gasteiger partial charge >= 0.3 is 5.69 Å². The Morgan fingerprint density at radius 3 is 3.00 bits per heavy atom. The molecule has 1 aliphatic carbocycles. The zero-order valence-corrected chi connectivity index (χ0v) is 12.4. The Bertz CT molecular complexity index is 624. The van der Waals surface area contributed by atoms with Crippen LogP contribution in [0.5, 0.6) is 0 Å². The average Bonchev–Trinajstić information content (AvgIpc) is 2.83. The number of hydrogen-bond donors (Lipinski definition) is 0. The lowest BCUT2D eigenvalue weighted by Crippen LogP contribution is -2.23. The third-order valence-corrected chi connectivity index (χ3v) is 5.08. The largest absolute Gasteiger partial charge is 0.351 e. The molecule has 4 nitrogen and oxygen atoms in total. The number of thiophene rings is 1. The smallest absolute Gasteiger partial charge is 0.277 e. The van der Waals surface area contributed by atoms with Crippen molar-refractivity contribution < 1.29 is 0 Å². The normalized spacial score (nSPS) is 14.4. The fourth-order valence-corrected chi connectivity index (χ4v) is 3.93. The van der Waals surface area contributed by atoms with Crippen molar-refractivity contribution in [3.63, 3.8) is 0 Å². The van der Waals surface area contributed by atoms with Crippen molar-refractivity contribution in [2.24, 2.45) is 0 Å². The van der Waals surface area contributed by atoms with Crippen molar-refractivity contribution in [1.29, 1.82) is 0 Å². The number of nitrogens with zero attached hydrogens (tertiary/aromatic N) is 3. The number of thioether (sulfide) groups is 1. The minimum Gasteiger partial charge on any atom is -0.277 e. The van der Waals surface area contributed by atoms with Crippen LogP contribution in [0.15, 0.2) is 22.3 Å². The highest BCUT2D eigenvalue weighted by Gasteiger charge is 2.13. The van der Waals surface area contributed by atoms with Crippen LogP contribution in [0.2, 0.25) is 0 Å². The van der Waals surface area contributed by atoms with E-state index < -0.39 is 0 Å². The molecule has 0 amide bonds. The molecule has 0 spiro atoms. The molecule has 2 heterocycles. The lowest BCUT2D eigenvalue weighted by Gasteiger charge is -2.08. The van der Waals surface area contributed by atoms with E-state index in [9.17, 15) is 4.79 Å². The predicted molar refractivity (Wildman–Crippen MR) is 78.1 cm³/mol. The molecule has 0 bridgehead atoms. The summed E-state index contributed by atoms with van der Waals surface area (Å²) in [5, 5.41) is 0.534. The zero-order chi connectivity index (χ0) is 13.2. The highest BCUT2D eigenvalue weighted by molar-refractivity contribution is 7.98. The van der Waals surface area contributed by atoms with Crippen molar-refractivity contribution in [3.05, 3.63) is 38.2 Å². The molecule has 19 heavy (non-hydrogen) atoms. The van der Waals surface area contributed by atoms with Crippen LogP contribution in [-0.2, 0) is 19.4 Å². The average molecular weight is 293 g/mol. The molecule has 0 unspecified atom stereocenters. The Labute approximate surface area is 119 Å². The summed E-state index contributed by atoms with van der Waals surface area (Å²) in [6.07, 6.45) is 8.42. The van der Waals surface area contributed by atoms with Gasteiger partial charge in [0.25, 0.3) is 0 Å². The van der Waals surface area contributed by atoms with E-state index in [-0.39, 0.29) is 5.69 Å². The molecule has 6 heteroatoms. The Balaban J connectivity index is 1.85. The summed E-state index contributed by atoms with van der Waals surface area (Å²) in [6, 6.07) is 2.24. The summed E-state index contributed by atoms with van der Waals surface area (Å²) in [5.74, 6) is 0. The van der Waals surface area contributed by atoms with E-state index in [0.29, 0.717) is 11.7 Å². The minimum atomic E-state index is -0.217. The van der Waals surface area contributed by atoms with E-state index in [4.69, 9.17) is 0 Å². The highest BCUT2D eigenvalue weighted by Crippen LogP contribution is 2.29. The lowest BCUT2D eigenvalue weighted by molar-refractivity contribution is 0.671. The second-order valence-corrected chi connectivity index (χ2v) is 6.62. The predicted octanol–water partition coefficient (Wildman–Crippen LogP) is 2.35. The second-order valence-electron chi connectivity index (χ2n) is 4.62. The van der Waals surface area contributed by atoms with Gasteiger partial charge in [-0.05, 0) is 43.6 Å². The van der Waals surface area contributed by atoms with Gasteiger partial charge in [0.2, 0.25) is 0 Å². The van der Waals surface area contributed by atoms with Crippen LogP contribution in [0.25, 0.3) is 0 Å². The van der Waals surface area contributed by atoms with Gasteiger partial charge in [0.05, 0.1) is 6.54 Å². The molecule has 0 N–H and O–H groups in total. The van der Waals surface area contributed by atoms with Crippen molar-refractivity contribution in [1.82, 2.24) is 14.5 Å². The zero-order valence-electron chi connectivity index (χ0n) is 10.8. The molecule has 0 radical (unpaired) electrons. The molecule has 3 rings (SSSR count). The summed E-state index contributed by atoms with van der Waals surface area (Å²) in [7, 11) is 0. The van der Waals surface area contributed by atoms with Crippen LogP contribution in [0.3, 0.4) is 0 Å². The van der Waals surface area contributed by atoms with E-state index in [1.807, 2.05) is 17.6 Å². The summed E-state index contributed by atoms with van der Waals surface area (Å²) < 4.78 is 1.58. The maximum Gasteiger partial charge on any atom is 0.351 e. The first-order valence-electron chi connectivity index (χ1n) is 6.34. The van der Waals surface area contributed by atoms with Crippen molar-refractivity contribution in [2.45, 2.75) is 37.4 Å². The van der Waals surface area contributed by atoms with E-state index in [2.05, 4.69) is 16.0 Å². The van der Waals surface area contributed by atoms with Gasteiger partial charge in [-0.3, -0.25) is 4.57 Å². The first kappa shape index (κ1) is 12.9. The third-order valence-electron chi connectivity index (χ3n) is 3.30. The quantitative estimate of drug-likeness (QED) is 0.815. The number of rotatable bonds is 3. The maximum absolute atomic E-state index is 11.8. The molecule has 2 aromatic heterocycles. The summed E-state index contributed by atoms with van der Waals surface area (Å²) in [4.78, 5) is 22.7. The Kier molecular flexibility index (Phi) is 3.70. The van der Waals surface area contributed by atoms with E-state index in [1.165, 1.54) is 52.8 Å². The molecule has 0 saturated carbocycles. The Morgan fingerprint density at radius 1 is 1.42 bits per heavy atom. The maximum atomic E-state index is 11.8. The molecular formula is C13H15N3OS2. The lowest BCUT2D eigenvalue weighted by atomic mass is 9.99. The fourth-order valence-electron chi connectivity index (χ4n) is 2.35. The van der Waals surface area contributed by atoms with Crippen LogP contribution >= 0.6 is 23.1 Å². The number of aromatic nitrogens is 3. The number of fused-ring (bicyclic) bond motifs is 1. The van der Waals surface area contributed by atoms with Gasteiger partial charge in [0, 0.05) is 9.75 Å². The number of aryl methyl sites for hydroxylation is 2. The molecule has 2 aromatic rings. The van der Waals surface area contributed by atoms with E-state index in [1.54, 1.807) is 10.9 Å². The Morgan fingerprint density at radius 2 is 2.26 bits per heavy atom. The SMILES string of the molecule is CSc1ncn(Cc2cc3c(s2)CCCC3)c(=O)n1. The third kappa shape index (κ3) is 2.74. The summed E-state index contributed by atoms with van der Waals surface area (Å²) in [6.45, 7) is 0.588. The molecule has 0 atom stereocenters. The van der Waals surface area contributed by atoms with Crippen LogP contribution in [0.4, 0.5) is 0 Å². The topological polar surface area (TPSA) is 47.8 Å². The van der Waals surface area contributed by atoms with E-state index in [0.717, 1.165) is 0 Å². The molecule has 0 fully saturated rings. The molecular weight excluding hydrogens is 278 g/mol. The fraction of sp³-hybridized carbons (Fsp3) is 0.462. The van der Waals surface area contributed by atoms with Crippen LogP contribution in [0.1, 0.15) is 28.2 Å². The van der Waals surface area contributed by atoms with Crippen molar-refractivity contribution >= 4 is 23.1 Å². The first-order chi connectivity index (χ1) is 9.26. The highest BCUT2D eigenvalue weighted by atomic mass is 32.2. The second kappa shape index (κ2) is 5.46. The van der Waals surface area contributed by atoms with Gasteiger partial charge in [-0.1, -0.05) is 11.8 Å². The molecule has 0 aliphatic heterocycles. The number of hydrogen-bond acceptors (Lipinski definition) is 5. The molecule has 100 valence electrons. The van der Waals surface area contributed by atoms with Crippen molar-refractivity contribution in [3.8, 4) is 0 Å². The van der Waals surface area contributed by atoms with Gasteiger partial charge in [0.1, 0.15) is 6.33 Å². The molecule has 0 aromatic carbocycles. The summed E-state index contributed by atoms with van der Waals surface area (Å²) in [5.41, 5.74) is 1.26. The molecule has 1 aliphatic rings. The van der Waals surface area contributed by atoms with Gasteiger partial charge in [0.15, 0.2) is 5.16 Å². The van der Waals surface area contributed by atoms with Crippen LogP contribution < -0.4 is 5.69 Å². The van der Waals surface area contributed by atoms with E-state index >= 15 is 0 Å². The minimum absolute atomic E-state index is 0.217. The van der Waals surface area contributed by atoms with Crippen molar-refractivity contribution in [2.75, 3.05) is 6.26 Å². The van der Waals surface area contributed by atoms with Gasteiger partial charge in [-0.15, -0.1) is 11.3 Å². The van der Waals surface area contributed by atoms with Gasteiger partial charge < -0.3 is 0 Å². The Hall–Kier alpha value is -1.14. The van der Waals surface area contributed by atoms with Gasteiger partial charge in [-0.2, -0.15) is 4.98 Å². The molecule has 0 saturated heterocycles. The standard InChI is InChI=1S/C13H15N3OS2/c1-18-12-14-8-16(13(17)15-12)7-10-6-9-4-2-3-5-11(9)19-10/h6,8H,2-5,7H2,1H3. The van der Waals surface area contributed by atoms with Gasteiger partial charge in [-0.25, -0.2) is 9.78 Å². The first-order valence-corrected chi connectivity index (χ1v) is 8.38. The van der Waals surface area contributed by atoms with Crippen LogP contribution in [0, 0.1) is 0 Å². The monoisotopic (exact) mass is 293 g/mol. The van der Waals surface area contributed by atoms with Crippen LogP contribution in [-0.4, -0.2) is 20.8 Å².